The molecule has 2 N–H and O–H groups in total. The lowest BCUT2D eigenvalue weighted by Crippen LogP contribution is -2.10. The molecule has 0 atom stereocenters. The molecule has 0 bridgehead atoms. The summed E-state index contributed by atoms with van der Waals surface area (Å²) in [6.07, 6.45) is 2.76. The number of hydrogen-bond acceptors (Lipinski definition) is 4. The highest BCUT2D eigenvalue weighted by molar-refractivity contribution is 5.30. The highest BCUT2D eigenvalue weighted by Crippen LogP contribution is 2.38. The molecule has 1 heterocycles. The Morgan fingerprint density at radius 1 is 1.30 bits per heavy atom. The Kier molecular flexibility index (Phi) is 3.52. The molecule has 1 aromatic heterocycles. The van der Waals surface area contributed by atoms with Crippen LogP contribution in [0.5, 0.6) is 11.6 Å². The first-order valence-electron chi connectivity index (χ1n) is 6.73. The summed E-state index contributed by atoms with van der Waals surface area (Å²) in [6.45, 7) is 0.126. The molecule has 20 heavy (non-hydrogen) atoms. The third-order valence-electron chi connectivity index (χ3n) is 3.25. The Morgan fingerprint density at radius 3 is 2.70 bits per heavy atom. The van der Waals surface area contributed by atoms with Gasteiger partial charge >= 0.3 is 0 Å². The summed E-state index contributed by atoms with van der Waals surface area (Å²) in [5.41, 5.74) is 0.853. The van der Waals surface area contributed by atoms with E-state index in [0.717, 1.165) is 18.4 Å². The first-order chi connectivity index (χ1) is 9.74. The second-order valence-electron chi connectivity index (χ2n) is 4.96. The monoisotopic (exact) mass is 272 g/mol. The minimum absolute atomic E-state index is 0.126. The Bertz CT molecular complexity index is 645. The number of aliphatic hydroxyl groups is 1. The van der Waals surface area contributed by atoms with Crippen LogP contribution in [0.15, 0.2) is 35.1 Å². The summed E-state index contributed by atoms with van der Waals surface area (Å²) in [5.74, 6) is 2.04. The molecule has 1 saturated carbocycles. The van der Waals surface area contributed by atoms with Gasteiger partial charge < -0.3 is 14.8 Å². The molecule has 5 heteroatoms. The van der Waals surface area contributed by atoms with Gasteiger partial charge in [0, 0.05) is 12.5 Å². The fourth-order valence-electron chi connectivity index (χ4n) is 2.03. The molecule has 3 rings (SSSR count). The van der Waals surface area contributed by atoms with E-state index >= 15 is 0 Å². The van der Waals surface area contributed by atoms with E-state index in [-0.39, 0.29) is 12.2 Å². The van der Waals surface area contributed by atoms with Crippen LogP contribution in [0.2, 0.25) is 0 Å². The van der Waals surface area contributed by atoms with Crippen molar-refractivity contribution in [3.05, 3.63) is 52.1 Å². The second-order valence-corrected chi connectivity index (χ2v) is 4.96. The average molecular weight is 272 g/mol. The molecule has 5 nitrogen and oxygen atoms in total. The zero-order valence-corrected chi connectivity index (χ0v) is 11.0. The number of nitrogens with zero attached hydrogens (tertiary/aromatic N) is 1. The third kappa shape index (κ3) is 3.05. The van der Waals surface area contributed by atoms with E-state index in [4.69, 9.17) is 9.84 Å². The van der Waals surface area contributed by atoms with Crippen molar-refractivity contribution in [2.45, 2.75) is 25.2 Å². The van der Waals surface area contributed by atoms with Gasteiger partial charge in [-0.3, -0.25) is 4.79 Å². The molecule has 0 radical (unpaired) electrons. The molecular weight excluding hydrogens is 256 g/mol. The highest BCUT2D eigenvalue weighted by Gasteiger charge is 2.26. The zero-order valence-electron chi connectivity index (χ0n) is 11.0. The van der Waals surface area contributed by atoms with Crippen LogP contribution >= 0.6 is 0 Å². The standard InChI is InChI=1S/C15H16N2O3/c18-8-7-10-1-5-12(6-2-10)20-14-9-13(19)16-15(17-14)11-3-4-11/h1-2,5-6,9,11,18H,3-4,7-8H2,(H,16,17,19). The molecule has 1 aliphatic carbocycles. The number of hydrogen-bond donors (Lipinski definition) is 2. The number of rotatable bonds is 5. The van der Waals surface area contributed by atoms with Gasteiger partial charge in [0.15, 0.2) is 0 Å². The third-order valence-corrected chi connectivity index (χ3v) is 3.25. The minimum atomic E-state index is -0.186. The summed E-state index contributed by atoms with van der Waals surface area (Å²) in [5, 5.41) is 8.86. The van der Waals surface area contributed by atoms with E-state index in [1.807, 2.05) is 24.3 Å². The Hall–Kier alpha value is -2.14. The van der Waals surface area contributed by atoms with E-state index in [9.17, 15) is 4.79 Å². The molecule has 104 valence electrons. The quantitative estimate of drug-likeness (QED) is 0.872. The number of aromatic amines is 1. The molecule has 2 aromatic rings. The van der Waals surface area contributed by atoms with Crippen molar-refractivity contribution >= 4 is 0 Å². The van der Waals surface area contributed by atoms with Gasteiger partial charge in [0.05, 0.1) is 6.07 Å². The van der Waals surface area contributed by atoms with Crippen molar-refractivity contribution in [2.24, 2.45) is 0 Å². The smallest absolute Gasteiger partial charge is 0.254 e. The maximum Gasteiger partial charge on any atom is 0.254 e. The van der Waals surface area contributed by atoms with E-state index in [1.165, 1.54) is 6.07 Å². The number of nitrogens with one attached hydrogen (secondary N) is 1. The topological polar surface area (TPSA) is 75.2 Å². The van der Waals surface area contributed by atoms with Crippen molar-refractivity contribution in [1.82, 2.24) is 9.97 Å². The summed E-state index contributed by atoms with van der Waals surface area (Å²) >= 11 is 0. The van der Waals surface area contributed by atoms with Crippen LogP contribution in [0.25, 0.3) is 0 Å². The van der Waals surface area contributed by atoms with E-state index < -0.39 is 0 Å². The lowest BCUT2D eigenvalue weighted by atomic mass is 10.1. The van der Waals surface area contributed by atoms with Crippen LogP contribution < -0.4 is 10.3 Å². The molecule has 0 spiro atoms. The SMILES string of the molecule is O=c1cc(Oc2ccc(CCO)cc2)nc(C2CC2)[nH]1. The normalized spacial score (nSPS) is 14.2. The van der Waals surface area contributed by atoms with Crippen molar-refractivity contribution in [2.75, 3.05) is 6.61 Å². The van der Waals surface area contributed by atoms with Crippen molar-refractivity contribution < 1.29 is 9.84 Å². The predicted molar refractivity (Wildman–Crippen MR) is 74.1 cm³/mol. The molecule has 0 aliphatic heterocycles. The zero-order chi connectivity index (χ0) is 13.9. The number of H-pyrrole nitrogens is 1. The molecule has 1 aromatic carbocycles. The molecule has 0 unspecified atom stereocenters. The number of aliphatic hydroxyl groups excluding tert-OH is 1. The fraction of sp³-hybridized carbons (Fsp3) is 0.333. The Balaban J connectivity index is 1.78. The van der Waals surface area contributed by atoms with Gasteiger partial charge in [-0.05, 0) is 37.0 Å². The van der Waals surface area contributed by atoms with E-state index in [0.29, 0.717) is 29.8 Å². The molecule has 0 saturated heterocycles. The number of aromatic nitrogens is 2. The predicted octanol–water partition coefficient (Wildman–Crippen LogP) is 1.97. The van der Waals surface area contributed by atoms with Gasteiger partial charge in [0.2, 0.25) is 5.88 Å². The first-order valence-corrected chi connectivity index (χ1v) is 6.73. The van der Waals surface area contributed by atoms with Gasteiger partial charge in [-0.2, -0.15) is 4.98 Å². The molecular formula is C15H16N2O3. The van der Waals surface area contributed by atoms with Gasteiger partial charge in [-0.15, -0.1) is 0 Å². The second kappa shape index (κ2) is 5.46. The lowest BCUT2D eigenvalue weighted by molar-refractivity contribution is 0.299. The van der Waals surface area contributed by atoms with E-state index in [2.05, 4.69) is 9.97 Å². The summed E-state index contributed by atoms with van der Waals surface area (Å²) in [6, 6.07) is 8.75. The average Bonchev–Trinajstić information content (AvgIpc) is 3.25. The first kappa shape index (κ1) is 12.9. The minimum Gasteiger partial charge on any atom is -0.439 e. The van der Waals surface area contributed by atoms with Gasteiger partial charge in [0.25, 0.3) is 5.56 Å². The number of benzene rings is 1. The largest absolute Gasteiger partial charge is 0.439 e. The fourth-order valence-corrected chi connectivity index (χ4v) is 2.03. The van der Waals surface area contributed by atoms with Gasteiger partial charge in [-0.1, -0.05) is 12.1 Å². The molecule has 1 aliphatic rings. The van der Waals surface area contributed by atoms with Crippen LogP contribution in [-0.4, -0.2) is 21.7 Å². The van der Waals surface area contributed by atoms with Gasteiger partial charge in [0.1, 0.15) is 11.6 Å². The summed E-state index contributed by atoms with van der Waals surface area (Å²) in [4.78, 5) is 18.6. The van der Waals surface area contributed by atoms with Crippen LogP contribution in [-0.2, 0) is 6.42 Å². The van der Waals surface area contributed by atoms with Crippen LogP contribution in [0.1, 0.15) is 30.1 Å². The van der Waals surface area contributed by atoms with Crippen molar-refractivity contribution in [3.63, 3.8) is 0 Å². The van der Waals surface area contributed by atoms with Crippen LogP contribution in [0.4, 0.5) is 0 Å². The van der Waals surface area contributed by atoms with E-state index in [1.54, 1.807) is 0 Å². The maximum absolute atomic E-state index is 11.6. The summed E-state index contributed by atoms with van der Waals surface area (Å²) in [7, 11) is 0. The van der Waals surface area contributed by atoms with Crippen molar-refractivity contribution in [3.8, 4) is 11.6 Å². The molecule has 1 fully saturated rings. The maximum atomic E-state index is 11.6. The number of ether oxygens (including phenoxy) is 1. The lowest BCUT2D eigenvalue weighted by Gasteiger charge is -2.06. The van der Waals surface area contributed by atoms with Crippen LogP contribution in [0, 0.1) is 0 Å². The Labute approximate surface area is 116 Å². The van der Waals surface area contributed by atoms with Crippen LogP contribution in [0.3, 0.4) is 0 Å². The van der Waals surface area contributed by atoms with Gasteiger partial charge in [-0.25, -0.2) is 0 Å². The Morgan fingerprint density at radius 2 is 2.05 bits per heavy atom. The summed E-state index contributed by atoms with van der Waals surface area (Å²) < 4.78 is 5.62. The van der Waals surface area contributed by atoms with Crippen molar-refractivity contribution in [1.29, 1.82) is 0 Å². The molecule has 0 amide bonds. The highest BCUT2D eigenvalue weighted by atomic mass is 16.5.